The number of hydrogen-bond acceptors (Lipinski definition) is 3. The van der Waals surface area contributed by atoms with Crippen LogP contribution in [0.2, 0.25) is 0 Å². The van der Waals surface area contributed by atoms with Crippen molar-refractivity contribution in [2.75, 3.05) is 19.0 Å². The van der Waals surface area contributed by atoms with E-state index in [9.17, 15) is 4.79 Å². The van der Waals surface area contributed by atoms with E-state index in [1.807, 2.05) is 25.1 Å². The molecule has 1 fully saturated rings. The minimum absolute atomic E-state index is 0.0852. The monoisotopic (exact) mass is 262 g/mol. The third-order valence-corrected chi connectivity index (χ3v) is 3.59. The first-order valence-electron chi connectivity index (χ1n) is 6.87. The minimum atomic E-state index is 0.0852. The van der Waals surface area contributed by atoms with Crippen LogP contribution in [0, 0.1) is 6.92 Å². The van der Waals surface area contributed by atoms with Gasteiger partial charge in [-0.3, -0.25) is 4.79 Å². The molecule has 4 heteroatoms. The van der Waals surface area contributed by atoms with E-state index in [0.717, 1.165) is 30.0 Å². The number of nitrogens with one attached hydrogen (secondary N) is 2. The lowest BCUT2D eigenvalue weighted by atomic mass is 10.1. The van der Waals surface area contributed by atoms with Crippen LogP contribution in [-0.4, -0.2) is 25.6 Å². The second kappa shape index (κ2) is 6.57. The van der Waals surface area contributed by atoms with Crippen LogP contribution in [0.3, 0.4) is 0 Å². The first-order valence-corrected chi connectivity index (χ1v) is 6.87. The lowest BCUT2D eigenvalue weighted by Gasteiger charge is -2.12. The number of carbonyl (C=O) groups excluding carboxylic acids is 1. The van der Waals surface area contributed by atoms with Gasteiger partial charge in [0.05, 0.1) is 7.11 Å². The van der Waals surface area contributed by atoms with Gasteiger partial charge in [0, 0.05) is 18.2 Å². The molecule has 0 saturated carbocycles. The third kappa shape index (κ3) is 3.96. The predicted octanol–water partition coefficient (Wildman–Crippen LogP) is 2.47. The zero-order valence-electron chi connectivity index (χ0n) is 11.7. The molecule has 19 heavy (non-hydrogen) atoms. The molecule has 1 saturated heterocycles. The standard InChI is InChI=1S/C15H22N2O2/c1-11-10-13(19-2)6-7-14(11)17-15(18)8-5-12-4-3-9-16-12/h6-7,10,12,16H,3-5,8-9H2,1-2H3,(H,17,18). The van der Waals surface area contributed by atoms with E-state index < -0.39 is 0 Å². The molecule has 0 aromatic heterocycles. The predicted molar refractivity (Wildman–Crippen MR) is 76.6 cm³/mol. The zero-order valence-corrected chi connectivity index (χ0v) is 11.7. The molecular formula is C15H22N2O2. The molecule has 0 bridgehead atoms. The van der Waals surface area contributed by atoms with E-state index in [-0.39, 0.29) is 5.91 Å². The Balaban J connectivity index is 1.84. The number of hydrogen-bond donors (Lipinski definition) is 2. The van der Waals surface area contributed by atoms with Gasteiger partial charge in [-0.1, -0.05) is 0 Å². The van der Waals surface area contributed by atoms with Crippen molar-refractivity contribution in [3.63, 3.8) is 0 Å². The second-order valence-corrected chi connectivity index (χ2v) is 5.06. The van der Waals surface area contributed by atoms with E-state index in [4.69, 9.17) is 4.74 Å². The van der Waals surface area contributed by atoms with E-state index in [1.54, 1.807) is 7.11 Å². The maximum absolute atomic E-state index is 11.9. The van der Waals surface area contributed by atoms with Crippen molar-refractivity contribution >= 4 is 11.6 Å². The van der Waals surface area contributed by atoms with E-state index in [2.05, 4.69) is 10.6 Å². The number of amides is 1. The zero-order chi connectivity index (χ0) is 13.7. The first-order chi connectivity index (χ1) is 9.19. The lowest BCUT2D eigenvalue weighted by molar-refractivity contribution is -0.116. The summed E-state index contributed by atoms with van der Waals surface area (Å²) in [5, 5.41) is 6.37. The number of aryl methyl sites for hydroxylation is 1. The maximum Gasteiger partial charge on any atom is 0.224 e. The Morgan fingerprint density at radius 1 is 1.53 bits per heavy atom. The quantitative estimate of drug-likeness (QED) is 0.857. The Morgan fingerprint density at radius 2 is 2.37 bits per heavy atom. The molecule has 1 aliphatic rings. The molecule has 1 atom stereocenters. The molecule has 1 unspecified atom stereocenters. The summed E-state index contributed by atoms with van der Waals surface area (Å²) in [5.74, 6) is 0.896. The maximum atomic E-state index is 11.9. The summed E-state index contributed by atoms with van der Waals surface area (Å²) in [4.78, 5) is 11.9. The normalized spacial score (nSPS) is 18.3. The lowest BCUT2D eigenvalue weighted by Crippen LogP contribution is -2.23. The molecule has 2 N–H and O–H groups in total. The molecule has 0 radical (unpaired) electrons. The fourth-order valence-electron chi connectivity index (χ4n) is 2.42. The highest BCUT2D eigenvalue weighted by Gasteiger charge is 2.15. The molecule has 104 valence electrons. The van der Waals surface area contributed by atoms with Crippen LogP contribution >= 0.6 is 0 Å². The summed E-state index contributed by atoms with van der Waals surface area (Å²) < 4.78 is 5.15. The van der Waals surface area contributed by atoms with Crippen LogP contribution in [0.25, 0.3) is 0 Å². The molecule has 1 aromatic rings. The summed E-state index contributed by atoms with van der Waals surface area (Å²) >= 11 is 0. The van der Waals surface area contributed by atoms with E-state index in [1.165, 1.54) is 12.8 Å². The Morgan fingerprint density at radius 3 is 3.00 bits per heavy atom. The summed E-state index contributed by atoms with van der Waals surface area (Å²) in [5.41, 5.74) is 1.89. The van der Waals surface area contributed by atoms with Crippen LogP contribution in [-0.2, 0) is 4.79 Å². The van der Waals surface area contributed by atoms with Crippen LogP contribution in [0.5, 0.6) is 5.75 Å². The topological polar surface area (TPSA) is 50.4 Å². The third-order valence-electron chi connectivity index (χ3n) is 3.59. The van der Waals surface area contributed by atoms with E-state index >= 15 is 0 Å². The highest BCUT2D eigenvalue weighted by molar-refractivity contribution is 5.91. The average molecular weight is 262 g/mol. The number of benzene rings is 1. The highest BCUT2D eigenvalue weighted by atomic mass is 16.5. The van der Waals surface area contributed by atoms with Crippen LogP contribution in [0.1, 0.15) is 31.2 Å². The van der Waals surface area contributed by atoms with Crippen LogP contribution < -0.4 is 15.4 Å². The first kappa shape index (κ1) is 13.9. The smallest absolute Gasteiger partial charge is 0.224 e. The van der Waals surface area contributed by atoms with Crippen LogP contribution in [0.4, 0.5) is 5.69 Å². The molecule has 0 aliphatic carbocycles. The van der Waals surface area contributed by atoms with Crippen molar-refractivity contribution in [2.45, 2.75) is 38.6 Å². The van der Waals surface area contributed by atoms with Crippen LogP contribution in [0.15, 0.2) is 18.2 Å². The second-order valence-electron chi connectivity index (χ2n) is 5.06. The fraction of sp³-hybridized carbons (Fsp3) is 0.533. The summed E-state index contributed by atoms with van der Waals surface area (Å²) in [7, 11) is 1.64. The van der Waals surface area contributed by atoms with E-state index in [0.29, 0.717) is 12.5 Å². The van der Waals surface area contributed by atoms with Gasteiger partial charge in [0.25, 0.3) is 0 Å². The Labute approximate surface area is 114 Å². The fourth-order valence-corrected chi connectivity index (χ4v) is 2.42. The van der Waals surface area contributed by atoms with Gasteiger partial charge in [0.1, 0.15) is 5.75 Å². The van der Waals surface area contributed by atoms with Gasteiger partial charge in [0.15, 0.2) is 0 Å². The number of ether oxygens (including phenoxy) is 1. The number of anilines is 1. The Hall–Kier alpha value is -1.55. The number of rotatable bonds is 5. The number of carbonyl (C=O) groups is 1. The molecule has 2 rings (SSSR count). The van der Waals surface area contributed by atoms with Gasteiger partial charge >= 0.3 is 0 Å². The van der Waals surface area contributed by atoms with Crippen molar-refractivity contribution in [1.29, 1.82) is 0 Å². The summed E-state index contributed by atoms with van der Waals surface area (Å²) in [6.45, 7) is 3.06. The molecule has 1 aliphatic heterocycles. The minimum Gasteiger partial charge on any atom is -0.497 e. The van der Waals surface area contributed by atoms with Crippen molar-refractivity contribution in [3.05, 3.63) is 23.8 Å². The van der Waals surface area contributed by atoms with Gasteiger partial charge in [-0.2, -0.15) is 0 Å². The van der Waals surface area contributed by atoms with Gasteiger partial charge in [-0.25, -0.2) is 0 Å². The molecule has 1 aromatic carbocycles. The van der Waals surface area contributed by atoms with Gasteiger partial charge in [0.2, 0.25) is 5.91 Å². The van der Waals surface area contributed by atoms with Crippen molar-refractivity contribution in [3.8, 4) is 5.75 Å². The van der Waals surface area contributed by atoms with Crippen molar-refractivity contribution < 1.29 is 9.53 Å². The molecule has 0 spiro atoms. The molecular weight excluding hydrogens is 240 g/mol. The highest BCUT2D eigenvalue weighted by Crippen LogP contribution is 2.21. The molecule has 4 nitrogen and oxygen atoms in total. The molecule has 1 heterocycles. The largest absolute Gasteiger partial charge is 0.497 e. The number of methoxy groups -OCH3 is 1. The SMILES string of the molecule is COc1ccc(NC(=O)CCC2CCCN2)c(C)c1. The van der Waals surface area contributed by atoms with Gasteiger partial charge in [-0.15, -0.1) is 0 Å². The van der Waals surface area contributed by atoms with Crippen molar-refractivity contribution in [1.82, 2.24) is 5.32 Å². The Kier molecular flexibility index (Phi) is 4.80. The average Bonchev–Trinajstić information content (AvgIpc) is 2.92. The summed E-state index contributed by atoms with van der Waals surface area (Å²) in [6, 6.07) is 6.19. The van der Waals surface area contributed by atoms with Gasteiger partial charge in [-0.05, 0) is 56.5 Å². The molecule has 1 amide bonds. The Bertz CT molecular complexity index is 440. The van der Waals surface area contributed by atoms with Crippen molar-refractivity contribution in [2.24, 2.45) is 0 Å². The summed E-state index contributed by atoms with van der Waals surface area (Å²) in [6.07, 6.45) is 3.91. The van der Waals surface area contributed by atoms with Gasteiger partial charge < -0.3 is 15.4 Å².